The van der Waals surface area contributed by atoms with Crippen LogP contribution in [0, 0.1) is 0 Å². The lowest BCUT2D eigenvalue weighted by Crippen LogP contribution is -2.37. The fourth-order valence-corrected chi connectivity index (χ4v) is 2.23. The second-order valence-electron chi connectivity index (χ2n) is 5.30. The Hall–Kier alpha value is -1.00. The molecule has 112 valence electrons. The SMILES string of the molecule is C=CCOc1c(Br)cc(CNC(C)(C)CC)cc1OC. The van der Waals surface area contributed by atoms with Crippen LogP contribution in [0.2, 0.25) is 0 Å². The van der Waals surface area contributed by atoms with Crippen molar-refractivity contribution in [2.45, 2.75) is 39.3 Å². The largest absolute Gasteiger partial charge is 0.493 e. The Morgan fingerprint density at radius 1 is 1.40 bits per heavy atom. The first-order chi connectivity index (χ1) is 9.43. The fourth-order valence-electron chi connectivity index (χ4n) is 1.62. The number of hydrogen-bond acceptors (Lipinski definition) is 3. The summed E-state index contributed by atoms with van der Waals surface area (Å²) in [6, 6.07) is 4.06. The van der Waals surface area contributed by atoms with Crippen LogP contribution in [0.1, 0.15) is 32.8 Å². The molecule has 0 atom stereocenters. The topological polar surface area (TPSA) is 30.5 Å². The minimum atomic E-state index is 0.123. The van der Waals surface area contributed by atoms with Crippen LogP contribution in [0.25, 0.3) is 0 Å². The quantitative estimate of drug-likeness (QED) is 0.715. The summed E-state index contributed by atoms with van der Waals surface area (Å²) in [4.78, 5) is 0. The van der Waals surface area contributed by atoms with Gasteiger partial charge in [0, 0.05) is 12.1 Å². The Bertz CT molecular complexity index is 458. The summed E-state index contributed by atoms with van der Waals surface area (Å²) in [5, 5.41) is 3.53. The van der Waals surface area contributed by atoms with Crippen molar-refractivity contribution in [1.82, 2.24) is 5.32 Å². The number of benzene rings is 1. The van der Waals surface area contributed by atoms with Gasteiger partial charge in [0.05, 0.1) is 11.6 Å². The van der Waals surface area contributed by atoms with Gasteiger partial charge < -0.3 is 14.8 Å². The molecule has 4 heteroatoms. The van der Waals surface area contributed by atoms with Crippen molar-refractivity contribution in [2.75, 3.05) is 13.7 Å². The zero-order valence-electron chi connectivity index (χ0n) is 12.8. The molecule has 0 unspecified atom stereocenters. The molecule has 0 spiro atoms. The maximum atomic E-state index is 5.62. The Morgan fingerprint density at radius 3 is 2.65 bits per heavy atom. The van der Waals surface area contributed by atoms with E-state index in [0.29, 0.717) is 12.4 Å². The lowest BCUT2D eigenvalue weighted by atomic mass is 10.0. The second kappa shape index (κ2) is 7.70. The first-order valence-electron chi connectivity index (χ1n) is 6.78. The molecule has 20 heavy (non-hydrogen) atoms. The monoisotopic (exact) mass is 341 g/mol. The van der Waals surface area contributed by atoms with Crippen molar-refractivity contribution in [2.24, 2.45) is 0 Å². The lowest BCUT2D eigenvalue weighted by Gasteiger charge is -2.25. The Balaban J connectivity index is 2.90. The van der Waals surface area contributed by atoms with Gasteiger partial charge in [-0.2, -0.15) is 0 Å². The van der Waals surface area contributed by atoms with Crippen molar-refractivity contribution in [3.63, 3.8) is 0 Å². The highest BCUT2D eigenvalue weighted by Gasteiger charge is 2.15. The predicted octanol–water partition coefficient (Wildman–Crippen LogP) is 4.30. The van der Waals surface area contributed by atoms with E-state index in [0.717, 1.165) is 28.8 Å². The van der Waals surface area contributed by atoms with E-state index in [1.54, 1.807) is 13.2 Å². The molecule has 0 heterocycles. The number of methoxy groups -OCH3 is 1. The van der Waals surface area contributed by atoms with E-state index in [2.05, 4.69) is 54.7 Å². The molecule has 0 bridgehead atoms. The van der Waals surface area contributed by atoms with Crippen LogP contribution < -0.4 is 14.8 Å². The zero-order valence-corrected chi connectivity index (χ0v) is 14.3. The first kappa shape index (κ1) is 17.1. The highest BCUT2D eigenvalue weighted by molar-refractivity contribution is 9.10. The van der Waals surface area contributed by atoms with Gasteiger partial charge >= 0.3 is 0 Å². The van der Waals surface area contributed by atoms with E-state index >= 15 is 0 Å². The third-order valence-electron chi connectivity index (χ3n) is 3.29. The molecule has 0 aliphatic carbocycles. The molecule has 0 saturated carbocycles. The maximum absolute atomic E-state index is 5.62. The van der Waals surface area contributed by atoms with Crippen LogP contribution in [0.3, 0.4) is 0 Å². The smallest absolute Gasteiger partial charge is 0.175 e. The molecule has 0 saturated heterocycles. The lowest BCUT2D eigenvalue weighted by molar-refractivity contribution is 0.323. The van der Waals surface area contributed by atoms with E-state index in [-0.39, 0.29) is 5.54 Å². The summed E-state index contributed by atoms with van der Waals surface area (Å²) in [6.07, 6.45) is 2.79. The maximum Gasteiger partial charge on any atom is 0.175 e. The van der Waals surface area contributed by atoms with Crippen molar-refractivity contribution < 1.29 is 9.47 Å². The van der Waals surface area contributed by atoms with Crippen LogP contribution in [-0.4, -0.2) is 19.3 Å². The van der Waals surface area contributed by atoms with Crippen molar-refractivity contribution >= 4 is 15.9 Å². The summed E-state index contributed by atoms with van der Waals surface area (Å²) < 4.78 is 11.9. The van der Waals surface area contributed by atoms with E-state index in [1.807, 2.05) is 6.07 Å². The Morgan fingerprint density at radius 2 is 2.10 bits per heavy atom. The predicted molar refractivity (Wildman–Crippen MR) is 87.6 cm³/mol. The summed E-state index contributed by atoms with van der Waals surface area (Å²) >= 11 is 3.54. The van der Waals surface area contributed by atoms with Gasteiger partial charge in [0.2, 0.25) is 0 Å². The van der Waals surface area contributed by atoms with E-state index in [1.165, 1.54) is 0 Å². The van der Waals surface area contributed by atoms with Crippen LogP contribution in [0.4, 0.5) is 0 Å². The molecule has 1 aromatic carbocycles. The van der Waals surface area contributed by atoms with Crippen LogP contribution in [-0.2, 0) is 6.54 Å². The minimum absolute atomic E-state index is 0.123. The van der Waals surface area contributed by atoms with Crippen molar-refractivity contribution in [1.29, 1.82) is 0 Å². The molecule has 1 rings (SSSR count). The zero-order chi connectivity index (χ0) is 15.2. The molecule has 1 N–H and O–H groups in total. The number of hydrogen-bond donors (Lipinski definition) is 1. The highest BCUT2D eigenvalue weighted by Crippen LogP contribution is 2.36. The summed E-state index contributed by atoms with van der Waals surface area (Å²) in [5.41, 5.74) is 1.28. The third kappa shape index (κ3) is 4.84. The molecule has 0 aliphatic rings. The van der Waals surface area contributed by atoms with Gasteiger partial charge in [-0.25, -0.2) is 0 Å². The summed E-state index contributed by atoms with van der Waals surface area (Å²) in [6.45, 7) is 11.5. The van der Waals surface area contributed by atoms with E-state index in [9.17, 15) is 0 Å². The molecule has 0 aromatic heterocycles. The van der Waals surface area contributed by atoms with Crippen molar-refractivity contribution in [3.05, 3.63) is 34.8 Å². The molecule has 3 nitrogen and oxygen atoms in total. The molecule has 0 radical (unpaired) electrons. The highest BCUT2D eigenvalue weighted by atomic mass is 79.9. The molecule has 0 fully saturated rings. The van der Waals surface area contributed by atoms with Gasteiger partial charge in [-0.05, 0) is 53.9 Å². The molecule has 0 amide bonds. The standard InChI is InChI=1S/C16H24BrNO2/c1-6-8-20-15-13(17)9-12(10-14(15)19-5)11-18-16(3,4)7-2/h6,9-10,18H,1,7-8,11H2,2-5H3. The average Bonchev–Trinajstić information content (AvgIpc) is 2.43. The minimum Gasteiger partial charge on any atom is -0.493 e. The van der Waals surface area contributed by atoms with Crippen LogP contribution in [0.5, 0.6) is 11.5 Å². The third-order valence-corrected chi connectivity index (χ3v) is 3.88. The first-order valence-corrected chi connectivity index (χ1v) is 7.58. The van der Waals surface area contributed by atoms with Crippen LogP contribution in [0.15, 0.2) is 29.3 Å². The fraction of sp³-hybridized carbons (Fsp3) is 0.500. The Kier molecular flexibility index (Phi) is 6.56. The molecular weight excluding hydrogens is 318 g/mol. The number of ether oxygens (including phenoxy) is 2. The van der Waals surface area contributed by atoms with Gasteiger partial charge in [0.1, 0.15) is 6.61 Å². The van der Waals surface area contributed by atoms with Gasteiger partial charge in [-0.1, -0.05) is 19.6 Å². The average molecular weight is 342 g/mol. The number of nitrogens with one attached hydrogen (secondary N) is 1. The van der Waals surface area contributed by atoms with Gasteiger partial charge in [-0.3, -0.25) is 0 Å². The van der Waals surface area contributed by atoms with E-state index < -0.39 is 0 Å². The van der Waals surface area contributed by atoms with E-state index in [4.69, 9.17) is 9.47 Å². The van der Waals surface area contributed by atoms with Gasteiger partial charge in [0.15, 0.2) is 11.5 Å². The summed E-state index contributed by atoms with van der Waals surface area (Å²) in [7, 11) is 1.65. The summed E-state index contributed by atoms with van der Waals surface area (Å²) in [5.74, 6) is 1.44. The van der Waals surface area contributed by atoms with Gasteiger partial charge in [-0.15, -0.1) is 0 Å². The molecular formula is C16H24BrNO2. The van der Waals surface area contributed by atoms with Gasteiger partial charge in [0.25, 0.3) is 0 Å². The normalized spacial score (nSPS) is 11.2. The van der Waals surface area contributed by atoms with Crippen molar-refractivity contribution in [3.8, 4) is 11.5 Å². The second-order valence-corrected chi connectivity index (χ2v) is 6.15. The Labute approximate surface area is 130 Å². The molecule has 1 aromatic rings. The number of rotatable bonds is 8. The van der Waals surface area contributed by atoms with Crippen LogP contribution >= 0.6 is 15.9 Å². The molecule has 0 aliphatic heterocycles. The number of halogens is 1.